The molecule has 0 saturated carbocycles. The maximum absolute atomic E-state index is 11.7. The van der Waals surface area contributed by atoms with E-state index in [9.17, 15) is 4.79 Å². The van der Waals surface area contributed by atoms with Gasteiger partial charge in [0.05, 0.1) is 0 Å². The van der Waals surface area contributed by atoms with E-state index in [0.29, 0.717) is 23.3 Å². The summed E-state index contributed by atoms with van der Waals surface area (Å²) in [5, 5.41) is 2.00. The lowest BCUT2D eigenvalue weighted by molar-refractivity contribution is 1.17. The minimum Gasteiger partial charge on any atom is -0.385 e. The molecule has 0 bridgehead atoms. The Labute approximate surface area is 118 Å². The first kappa shape index (κ1) is 13.4. The van der Waals surface area contributed by atoms with Crippen molar-refractivity contribution in [3.63, 3.8) is 0 Å². The van der Waals surface area contributed by atoms with Crippen LogP contribution in [0.3, 0.4) is 0 Å². The number of hydrogen-bond acceptors (Lipinski definition) is 5. The number of aromatic nitrogens is 3. The maximum Gasteiger partial charge on any atom is 0.276 e. The summed E-state index contributed by atoms with van der Waals surface area (Å²) in [6, 6.07) is 3.99. The minimum absolute atomic E-state index is 0. The van der Waals surface area contributed by atoms with Crippen molar-refractivity contribution >= 4 is 46.5 Å². The lowest BCUT2D eigenvalue weighted by Gasteiger charge is -1.98. The van der Waals surface area contributed by atoms with Gasteiger partial charge in [-0.15, -0.1) is 23.7 Å². The number of nitrogen functional groups attached to an aromatic ring is 2. The number of fused-ring (bicyclic) bond motifs is 1. The van der Waals surface area contributed by atoms with E-state index < -0.39 is 0 Å². The SMILES string of the molecule is Cl.Nc1nc2c(Cc3cccs3)c(N)[nH]c2c(=O)[nH]1. The minimum atomic E-state index is -0.304. The van der Waals surface area contributed by atoms with Crippen molar-refractivity contribution < 1.29 is 0 Å². The molecule has 6 N–H and O–H groups in total. The van der Waals surface area contributed by atoms with E-state index in [1.165, 1.54) is 0 Å². The van der Waals surface area contributed by atoms with Gasteiger partial charge in [-0.3, -0.25) is 9.78 Å². The predicted octanol–water partition coefficient (Wildman–Crippen LogP) is 1.49. The molecule has 0 radical (unpaired) electrons. The van der Waals surface area contributed by atoms with Gasteiger partial charge in [0.25, 0.3) is 5.56 Å². The normalized spacial score (nSPS) is 10.5. The van der Waals surface area contributed by atoms with Crippen molar-refractivity contribution in [1.29, 1.82) is 0 Å². The van der Waals surface area contributed by atoms with Crippen molar-refractivity contribution in [2.45, 2.75) is 6.42 Å². The van der Waals surface area contributed by atoms with Crippen LogP contribution in [0.2, 0.25) is 0 Å². The van der Waals surface area contributed by atoms with Crippen LogP contribution in [0.1, 0.15) is 10.4 Å². The Morgan fingerprint density at radius 2 is 2.11 bits per heavy atom. The molecule has 0 fully saturated rings. The molecule has 100 valence electrons. The van der Waals surface area contributed by atoms with Gasteiger partial charge in [-0.05, 0) is 11.4 Å². The molecule has 0 aromatic carbocycles. The van der Waals surface area contributed by atoms with Crippen molar-refractivity contribution in [2.75, 3.05) is 11.5 Å². The van der Waals surface area contributed by atoms with E-state index in [0.717, 1.165) is 10.4 Å². The lowest BCUT2D eigenvalue weighted by atomic mass is 10.1. The number of rotatable bonds is 2. The fourth-order valence-corrected chi connectivity index (χ4v) is 2.65. The van der Waals surface area contributed by atoms with Crippen molar-refractivity contribution in [1.82, 2.24) is 15.0 Å². The van der Waals surface area contributed by atoms with Crippen LogP contribution in [0.4, 0.5) is 11.8 Å². The van der Waals surface area contributed by atoms with E-state index >= 15 is 0 Å². The average molecular weight is 298 g/mol. The first-order valence-corrected chi connectivity index (χ1v) is 6.21. The largest absolute Gasteiger partial charge is 0.385 e. The molecule has 3 aromatic heterocycles. The van der Waals surface area contributed by atoms with Crippen LogP contribution < -0.4 is 17.0 Å². The number of nitrogens with two attached hydrogens (primary N) is 2. The van der Waals surface area contributed by atoms with E-state index in [1.54, 1.807) is 11.3 Å². The molecule has 0 atom stereocenters. The molecule has 3 aromatic rings. The van der Waals surface area contributed by atoms with Crippen LogP contribution >= 0.6 is 23.7 Å². The first-order valence-electron chi connectivity index (χ1n) is 5.33. The number of aromatic amines is 2. The predicted molar refractivity (Wildman–Crippen MR) is 79.9 cm³/mol. The third kappa shape index (κ3) is 2.29. The number of hydrogen-bond donors (Lipinski definition) is 4. The summed E-state index contributed by atoms with van der Waals surface area (Å²) in [7, 11) is 0. The number of halogens is 1. The number of anilines is 2. The Kier molecular flexibility index (Phi) is 3.50. The zero-order valence-electron chi connectivity index (χ0n) is 9.77. The molecule has 3 rings (SSSR count). The Morgan fingerprint density at radius 3 is 2.79 bits per heavy atom. The molecular weight excluding hydrogens is 286 g/mol. The second-order valence-corrected chi connectivity index (χ2v) is 4.98. The standard InChI is InChI=1S/C11H11N5OS.ClH/c12-9-6(4-5-2-1-3-18-5)7-8(14-9)10(17)16-11(13)15-7;/h1-3,14H,4,12H2,(H3,13,15,16,17);1H. The third-order valence-electron chi connectivity index (χ3n) is 2.74. The second-order valence-electron chi connectivity index (χ2n) is 3.95. The Morgan fingerprint density at radius 1 is 1.32 bits per heavy atom. The molecule has 0 aliphatic heterocycles. The van der Waals surface area contributed by atoms with Gasteiger partial charge in [0.1, 0.15) is 16.9 Å². The molecule has 19 heavy (non-hydrogen) atoms. The molecule has 6 nitrogen and oxygen atoms in total. The molecule has 3 heterocycles. The third-order valence-corrected chi connectivity index (χ3v) is 3.62. The quantitative estimate of drug-likeness (QED) is 0.574. The van der Waals surface area contributed by atoms with Crippen molar-refractivity contribution in [3.05, 3.63) is 38.3 Å². The summed E-state index contributed by atoms with van der Waals surface area (Å²) in [6.07, 6.45) is 0.638. The monoisotopic (exact) mass is 297 g/mol. The van der Waals surface area contributed by atoms with Crippen LogP contribution in [0.25, 0.3) is 11.0 Å². The van der Waals surface area contributed by atoms with E-state index in [2.05, 4.69) is 15.0 Å². The van der Waals surface area contributed by atoms with Gasteiger partial charge in [-0.2, -0.15) is 0 Å². The van der Waals surface area contributed by atoms with Crippen LogP contribution in [-0.2, 0) is 6.42 Å². The van der Waals surface area contributed by atoms with Gasteiger partial charge in [0.15, 0.2) is 0 Å². The van der Waals surface area contributed by atoms with Crippen LogP contribution in [0, 0.1) is 0 Å². The van der Waals surface area contributed by atoms with Gasteiger partial charge in [0, 0.05) is 16.9 Å². The summed E-state index contributed by atoms with van der Waals surface area (Å²) in [4.78, 5) is 22.3. The molecule has 0 spiro atoms. The first-order chi connectivity index (χ1) is 8.65. The van der Waals surface area contributed by atoms with E-state index in [1.807, 2.05) is 17.5 Å². The van der Waals surface area contributed by atoms with Crippen LogP contribution in [0.5, 0.6) is 0 Å². The van der Waals surface area contributed by atoms with Gasteiger partial charge < -0.3 is 16.5 Å². The van der Waals surface area contributed by atoms with E-state index in [4.69, 9.17) is 11.5 Å². The molecule has 0 unspecified atom stereocenters. The topological polar surface area (TPSA) is 114 Å². The number of thiophene rings is 1. The van der Waals surface area contributed by atoms with Gasteiger partial charge in [0.2, 0.25) is 5.95 Å². The summed E-state index contributed by atoms with van der Waals surface area (Å²) in [5.74, 6) is 0.556. The Balaban J connectivity index is 0.00000133. The van der Waals surface area contributed by atoms with Crippen LogP contribution in [-0.4, -0.2) is 15.0 Å². The summed E-state index contributed by atoms with van der Waals surface area (Å²) >= 11 is 1.63. The highest BCUT2D eigenvalue weighted by atomic mass is 35.5. The molecule has 0 aliphatic carbocycles. The summed E-state index contributed by atoms with van der Waals surface area (Å²) < 4.78 is 0. The van der Waals surface area contributed by atoms with Crippen LogP contribution in [0.15, 0.2) is 22.3 Å². The molecule has 0 amide bonds. The molecule has 0 aliphatic rings. The highest BCUT2D eigenvalue weighted by Crippen LogP contribution is 2.25. The average Bonchev–Trinajstić information content (AvgIpc) is 2.91. The van der Waals surface area contributed by atoms with Gasteiger partial charge in [-0.1, -0.05) is 6.07 Å². The highest BCUT2D eigenvalue weighted by molar-refractivity contribution is 7.09. The van der Waals surface area contributed by atoms with Crippen molar-refractivity contribution in [2.24, 2.45) is 0 Å². The number of nitrogens with zero attached hydrogens (tertiary/aromatic N) is 1. The molecule has 0 saturated heterocycles. The lowest BCUT2D eigenvalue weighted by Crippen LogP contribution is -2.11. The molecular formula is C11H12ClN5OS. The summed E-state index contributed by atoms with van der Waals surface area (Å²) in [6.45, 7) is 0. The second kappa shape index (κ2) is 4.94. The fraction of sp³-hybridized carbons (Fsp3) is 0.0909. The Bertz CT molecular complexity index is 761. The van der Waals surface area contributed by atoms with Gasteiger partial charge in [-0.25, -0.2) is 4.98 Å². The molecule has 8 heteroatoms. The fourth-order valence-electron chi connectivity index (χ4n) is 1.93. The maximum atomic E-state index is 11.7. The summed E-state index contributed by atoms with van der Waals surface area (Å²) in [5.41, 5.74) is 12.9. The smallest absolute Gasteiger partial charge is 0.276 e. The zero-order chi connectivity index (χ0) is 12.7. The number of nitrogens with one attached hydrogen (secondary N) is 2. The Hall–Kier alpha value is -1.99. The van der Waals surface area contributed by atoms with E-state index in [-0.39, 0.29) is 23.9 Å². The van der Waals surface area contributed by atoms with Gasteiger partial charge >= 0.3 is 0 Å². The highest BCUT2D eigenvalue weighted by Gasteiger charge is 2.14. The number of H-pyrrole nitrogens is 2. The van der Waals surface area contributed by atoms with Crippen molar-refractivity contribution in [3.8, 4) is 0 Å². The zero-order valence-corrected chi connectivity index (χ0v) is 11.4.